The van der Waals surface area contributed by atoms with Crippen molar-refractivity contribution in [3.63, 3.8) is 0 Å². The summed E-state index contributed by atoms with van der Waals surface area (Å²) in [6.45, 7) is 3.70. The fourth-order valence-electron chi connectivity index (χ4n) is 3.80. The number of carbonyl (C=O) groups is 3. The average Bonchev–Trinajstić information content (AvgIpc) is 3.07. The first kappa shape index (κ1) is 21.8. The summed E-state index contributed by atoms with van der Waals surface area (Å²) in [5.41, 5.74) is 13.6. The Balaban J connectivity index is 1.90. The SMILES string of the molecule is Cc1cc(C)cc(N(CC(=O)NC2CCCCC2)C(=O)c2snc(C(N)=O)c2N)c1. The van der Waals surface area contributed by atoms with Gasteiger partial charge < -0.3 is 16.8 Å². The molecule has 3 amide bonds. The van der Waals surface area contributed by atoms with Crippen molar-refractivity contribution in [1.29, 1.82) is 0 Å². The van der Waals surface area contributed by atoms with Gasteiger partial charge in [0.25, 0.3) is 11.8 Å². The molecule has 0 spiro atoms. The quantitative estimate of drug-likeness (QED) is 0.649. The van der Waals surface area contributed by atoms with Gasteiger partial charge in [-0.15, -0.1) is 0 Å². The minimum Gasteiger partial charge on any atom is -0.395 e. The Kier molecular flexibility index (Phi) is 6.71. The standard InChI is InChI=1S/C21H27N5O3S/c1-12-8-13(2)10-15(9-12)26(11-16(27)24-14-6-4-3-5-7-14)21(29)19-17(22)18(20(23)28)25-30-19/h8-10,14H,3-7,11,22H2,1-2H3,(H2,23,28)(H,24,27). The lowest BCUT2D eigenvalue weighted by molar-refractivity contribution is -0.120. The molecule has 0 unspecified atom stereocenters. The second-order valence-corrected chi connectivity index (χ2v) is 8.55. The molecule has 0 aliphatic heterocycles. The lowest BCUT2D eigenvalue weighted by Gasteiger charge is -2.26. The van der Waals surface area contributed by atoms with Crippen molar-refractivity contribution in [3.8, 4) is 0 Å². The van der Waals surface area contributed by atoms with Crippen molar-refractivity contribution in [2.75, 3.05) is 17.2 Å². The van der Waals surface area contributed by atoms with Crippen molar-refractivity contribution in [1.82, 2.24) is 9.69 Å². The minimum atomic E-state index is -0.796. The number of nitrogens with two attached hydrogens (primary N) is 2. The summed E-state index contributed by atoms with van der Waals surface area (Å²) in [4.78, 5) is 39.1. The van der Waals surface area contributed by atoms with Gasteiger partial charge in [0.15, 0.2) is 5.69 Å². The molecule has 0 atom stereocenters. The average molecular weight is 430 g/mol. The van der Waals surface area contributed by atoms with Gasteiger partial charge in [0.2, 0.25) is 5.91 Å². The van der Waals surface area contributed by atoms with E-state index < -0.39 is 11.8 Å². The van der Waals surface area contributed by atoms with Crippen LogP contribution in [0.15, 0.2) is 18.2 Å². The van der Waals surface area contributed by atoms with E-state index in [9.17, 15) is 14.4 Å². The summed E-state index contributed by atoms with van der Waals surface area (Å²) >= 11 is 0.808. The van der Waals surface area contributed by atoms with Gasteiger partial charge in [-0.2, -0.15) is 4.37 Å². The van der Waals surface area contributed by atoms with Crippen LogP contribution in [0.5, 0.6) is 0 Å². The number of anilines is 2. The molecule has 8 nitrogen and oxygen atoms in total. The zero-order valence-electron chi connectivity index (χ0n) is 17.2. The number of nitrogens with zero attached hydrogens (tertiary/aromatic N) is 2. The second-order valence-electron chi connectivity index (χ2n) is 7.78. The van der Waals surface area contributed by atoms with Gasteiger partial charge in [0, 0.05) is 11.7 Å². The molecule has 160 valence electrons. The number of aryl methyl sites for hydroxylation is 2. The summed E-state index contributed by atoms with van der Waals surface area (Å²) in [5.74, 6) is -1.51. The van der Waals surface area contributed by atoms with E-state index in [4.69, 9.17) is 11.5 Å². The molecule has 9 heteroatoms. The van der Waals surface area contributed by atoms with Crippen LogP contribution in [0.2, 0.25) is 0 Å². The number of amides is 3. The fourth-order valence-corrected chi connectivity index (χ4v) is 4.56. The largest absolute Gasteiger partial charge is 0.395 e. The molecule has 3 rings (SSSR count). The Hall–Kier alpha value is -2.94. The molecule has 1 aliphatic rings. The molecule has 1 heterocycles. The van der Waals surface area contributed by atoms with Gasteiger partial charge in [0.1, 0.15) is 11.4 Å². The maximum atomic E-state index is 13.3. The predicted octanol–water partition coefficient (Wildman–Crippen LogP) is 2.54. The lowest BCUT2D eigenvalue weighted by Crippen LogP contribution is -2.45. The van der Waals surface area contributed by atoms with Crippen LogP contribution in [-0.2, 0) is 4.79 Å². The highest BCUT2D eigenvalue weighted by molar-refractivity contribution is 7.09. The summed E-state index contributed by atoms with van der Waals surface area (Å²) in [6, 6.07) is 5.80. The van der Waals surface area contributed by atoms with Gasteiger partial charge in [-0.05, 0) is 61.5 Å². The van der Waals surface area contributed by atoms with E-state index in [1.54, 1.807) is 0 Å². The van der Waals surface area contributed by atoms with Crippen LogP contribution in [0.3, 0.4) is 0 Å². The zero-order chi connectivity index (χ0) is 21.8. The number of carbonyl (C=O) groups excluding carboxylic acids is 3. The molecule has 2 aromatic rings. The third-order valence-electron chi connectivity index (χ3n) is 5.19. The van der Waals surface area contributed by atoms with Crippen molar-refractivity contribution in [2.24, 2.45) is 5.73 Å². The fraction of sp³-hybridized carbons (Fsp3) is 0.429. The molecular formula is C21H27N5O3S. The predicted molar refractivity (Wildman–Crippen MR) is 118 cm³/mol. The summed E-state index contributed by atoms with van der Waals surface area (Å²) in [6.07, 6.45) is 5.28. The van der Waals surface area contributed by atoms with E-state index in [-0.39, 0.29) is 34.8 Å². The van der Waals surface area contributed by atoms with Crippen LogP contribution in [-0.4, -0.2) is 34.7 Å². The molecule has 5 N–H and O–H groups in total. The third-order valence-corrected chi connectivity index (χ3v) is 6.04. The number of hydrogen-bond donors (Lipinski definition) is 3. The Morgan fingerprint density at radius 1 is 1.13 bits per heavy atom. The van der Waals surface area contributed by atoms with Crippen molar-refractivity contribution in [3.05, 3.63) is 39.9 Å². The first-order valence-corrected chi connectivity index (χ1v) is 10.8. The maximum Gasteiger partial charge on any atom is 0.272 e. The van der Waals surface area contributed by atoms with Crippen molar-refractivity contribution in [2.45, 2.75) is 52.0 Å². The number of benzene rings is 1. The topological polar surface area (TPSA) is 131 Å². The first-order chi connectivity index (χ1) is 14.3. The van der Waals surface area contributed by atoms with Gasteiger partial charge >= 0.3 is 0 Å². The Bertz CT molecular complexity index is 945. The van der Waals surface area contributed by atoms with Gasteiger partial charge in [-0.25, -0.2) is 0 Å². The van der Waals surface area contributed by atoms with Gasteiger partial charge in [-0.1, -0.05) is 25.3 Å². The number of primary amides is 1. The first-order valence-electron chi connectivity index (χ1n) is 10.0. The molecule has 0 bridgehead atoms. The highest BCUT2D eigenvalue weighted by Crippen LogP contribution is 2.27. The van der Waals surface area contributed by atoms with Crippen molar-refractivity contribution < 1.29 is 14.4 Å². The molecule has 0 saturated heterocycles. The van der Waals surface area contributed by atoms with E-state index in [0.29, 0.717) is 5.69 Å². The van der Waals surface area contributed by atoms with Crippen LogP contribution < -0.4 is 21.7 Å². The molecular weight excluding hydrogens is 402 g/mol. The molecule has 30 heavy (non-hydrogen) atoms. The number of aromatic nitrogens is 1. The smallest absolute Gasteiger partial charge is 0.272 e. The molecule has 1 aliphatic carbocycles. The highest BCUT2D eigenvalue weighted by Gasteiger charge is 2.28. The van der Waals surface area contributed by atoms with Crippen molar-refractivity contribution >= 4 is 40.6 Å². The maximum absolute atomic E-state index is 13.3. The monoisotopic (exact) mass is 429 g/mol. The van der Waals surface area contributed by atoms with Crippen LogP contribution in [0.4, 0.5) is 11.4 Å². The second kappa shape index (κ2) is 9.25. The van der Waals surface area contributed by atoms with E-state index in [0.717, 1.165) is 48.3 Å². The highest BCUT2D eigenvalue weighted by atomic mass is 32.1. The van der Waals surface area contributed by atoms with E-state index in [2.05, 4.69) is 9.69 Å². The molecule has 1 fully saturated rings. The Morgan fingerprint density at radius 2 is 1.77 bits per heavy atom. The number of nitrogens with one attached hydrogen (secondary N) is 1. The van der Waals surface area contributed by atoms with Crippen LogP contribution in [0.25, 0.3) is 0 Å². The summed E-state index contributed by atoms with van der Waals surface area (Å²) in [7, 11) is 0. The third kappa shape index (κ3) is 4.96. The normalized spacial score (nSPS) is 14.3. The lowest BCUT2D eigenvalue weighted by atomic mass is 9.95. The summed E-state index contributed by atoms with van der Waals surface area (Å²) in [5, 5.41) is 3.04. The van der Waals surface area contributed by atoms with Crippen LogP contribution in [0, 0.1) is 13.8 Å². The van der Waals surface area contributed by atoms with Gasteiger partial charge in [-0.3, -0.25) is 19.3 Å². The van der Waals surface area contributed by atoms with Crippen LogP contribution in [0.1, 0.15) is 63.4 Å². The minimum absolute atomic E-state index is 0.0560. The zero-order valence-corrected chi connectivity index (χ0v) is 18.1. The molecule has 1 saturated carbocycles. The van der Waals surface area contributed by atoms with Gasteiger partial charge in [0.05, 0.1) is 5.69 Å². The molecule has 1 aromatic carbocycles. The van der Waals surface area contributed by atoms with E-state index in [1.165, 1.54) is 11.3 Å². The molecule has 1 aromatic heterocycles. The number of nitrogen functional groups attached to an aromatic ring is 1. The van der Waals surface area contributed by atoms with Crippen LogP contribution >= 0.6 is 11.5 Å². The Labute approximate surface area is 179 Å². The number of rotatable bonds is 6. The van der Waals surface area contributed by atoms with E-state index >= 15 is 0 Å². The Morgan fingerprint density at radius 3 is 2.33 bits per heavy atom. The number of hydrogen-bond acceptors (Lipinski definition) is 6. The van der Waals surface area contributed by atoms with E-state index in [1.807, 2.05) is 32.0 Å². The molecule has 0 radical (unpaired) electrons. The summed E-state index contributed by atoms with van der Waals surface area (Å²) < 4.78 is 3.91.